The Morgan fingerprint density at radius 3 is 2.45 bits per heavy atom. The first kappa shape index (κ1) is 9.01. The van der Waals surface area contributed by atoms with Crippen LogP contribution in [0.15, 0.2) is 0 Å². The molecule has 1 N–H and O–H groups in total. The number of likely N-dealkylation sites (N-methyl/N-ethyl adjacent to an activating group) is 1. The van der Waals surface area contributed by atoms with Crippen LogP contribution in [0.1, 0.15) is 26.7 Å². The Kier molecular flexibility index (Phi) is 2.90. The summed E-state index contributed by atoms with van der Waals surface area (Å²) in [5, 5.41) is 9.75. The van der Waals surface area contributed by atoms with Crippen LogP contribution in [0, 0.1) is 5.92 Å². The van der Waals surface area contributed by atoms with Crippen molar-refractivity contribution in [3.05, 3.63) is 0 Å². The summed E-state index contributed by atoms with van der Waals surface area (Å²) in [6, 6.07) is 0.412. The third kappa shape index (κ3) is 1.94. The minimum absolute atomic E-state index is 0.137. The second-order valence-electron chi connectivity index (χ2n) is 3.92. The molecule has 1 heterocycles. The zero-order valence-corrected chi connectivity index (χ0v) is 7.75. The van der Waals surface area contributed by atoms with Crippen LogP contribution in [0.2, 0.25) is 0 Å². The summed E-state index contributed by atoms with van der Waals surface area (Å²) in [5.74, 6) is 0.389. The third-order valence-electron chi connectivity index (χ3n) is 2.65. The maximum atomic E-state index is 9.75. The van der Waals surface area contributed by atoms with Gasteiger partial charge in [0, 0.05) is 6.04 Å². The molecule has 1 rings (SSSR count). The van der Waals surface area contributed by atoms with Crippen molar-refractivity contribution in [1.82, 2.24) is 4.90 Å². The average Bonchev–Trinajstić information content (AvgIpc) is 2.33. The SMILES string of the molecule is CC(C)[C@@H](O)C1CCCN1C. The first-order valence-electron chi connectivity index (χ1n) is 4.51. The highest BCUT2D eigenvalue weighted by Crippen LogP contribution is 2.21. The summed E-state index contributed by atoms with van der Waals surface area (Å²) in [5.41, 5.74) is 0. The molecule has 66 valence electrons. The molecule has 0 aromatic rings. The maximum absolute atomic E-state index is 9.75. The molecule has 0 bridgehead atoms. The van der Waals surface area contributed by atoms with Crippen molar-refractivity contribution < 1.29 is 5.11 Å². The molecule has 0 aromatic carbocycles. The number of hydrogen-bond donors (Lipinski definition) is 1. The molecule has 2 nitrogen and oxygen atoms in total. The molecule has 0 amide bonds. The van der Waals surface area contributed by atoms with E-state index in [4.69, 9.17) is 0 Å². The smallest absolute Gasteiger partial charge is 0.0718 e. The van der Waals surface area contributed by atoms with Crippen LogP contribution in [0.25, 0.3) is 0 Å². The fourth-order valence-corrected chi connectivity index (χ4v) is 1.81. The highest BCUT2D eigenvalue weighted by molar-refractivity contribution is 4.84. The number of aliphatic hydroxyl groups excluding tert-OH is 1. The lowest BCUT2D eigenvalue weighted by molar-refractivity contribution is 0.0492. The van der Waals surface area contributed by atoms with Gasteiger partial charge in [-0.3, -0.25) is 0 Å². The first-order valence-corrected chi connectivity index (χ1v) is 4.51. The van der Waals surface area contributed by atoms with Gasteiger partial charge in [0.2, 0.25) is 0 Å². The van der Waals surface area contributed by atoms with E-state index in [0.29, 0.717) is 12.0 Å². The Morgan fingerprint density at radius 1 is 1.45 bits per heavy atom. The zero-order chi connectivity index (χ0) is 8.43. The molecular formula is C9H19NO. The molecule has 1 fully saturated rings. The Balaban J connectivity index is 2.45. The van der Waals surface area contributed by atoms with Crippen LogP contribution in [0.3, 0.4) is 0 Å². The lowest BCUT2D eigenvalue weighted by Crippen LogP contribution is -2.39. The predicted molar refractivity (Wildman–Crippen MR) is 46.5 cm³/mol. The van der Waals surface area contributed by atoms with Crippen LogP contribution in [-0.2, 0) is 0 Å². The van der Waals surface area contributed by atoms with Crippen LogP contribution >= 0.6 is 0 Å². The largest absolute Gasteiger partial charge is 0.391 e. The van der Waals surface area contributed by atoms with Crippen LogP contribution in [-0.4, -0.2) is 35.7 Å². The van der Waals surface area contributed by atoms with Crippen LogP contribution in [0.5, 0.6) is 0 Å². The average molecular weight is 157 g/mol. The van der Waals surface area contributed by atoms with E-state index in [0.717, 1.165) is 13.0 Å². The molecule has 2 atom stereocenters. The van der Waals surface area contributed by atoms with Gasteiger partial charge >= 0.3 is 0 Å². The third-order valence-corrected chi connectivity index (χ3v) is 2.65. The standard InChI is InChI=1S/C9H19NO/c1-7(2)9(11)8-5-4-6-10(8)3/h7-9,11H,4-6H2,1-3H3/t8?,9-/m1/s1. The van der Waals surface area contributed by atoms with Crippen molar-refractivity contribution in [2.75, 3.05) is 13.6 Å². The molecule has 2 heteroatoms. The molecular weight excluding hydrogens is 138 g/mol. The second kappa shape index (κ2) is 3.55. The number of rotatable bonds is 2. The minimum Gasteiger partial charge on any atom is -0.391 e. The van der Waals surface area contributed by atoms with Gasteiger partial charge in [-0.2, -0.15) is 0 Å². The van der Waals surface area contributed by atoms with Gasteiger partial charge in [0.1, 0.15) is 0 Å². The van der Waals surface area contributed by atoms with Crippen LogP contribution < -0.4 is 0 Å². The monoisotopic (exact) mass is 157 g/mol. The van der Waals surface area contributed by atoms with Gasteiger partial charge in [-0.05, 0) is 32.4 Å². The number of hydrogen-bond acceptors (Lipinski definition) is 2. The summed E-state index contributed by atoms with van der Waals surface area (Å²) < 4.78 is 0. The van der Waals surface area contributed by atoms with Crippen molar-refractivity contribution in [3.63, 3.8) is 0 Å². The van der Waals surface area contributed by atoms with E-state index in [2.05, 4.69) is 25.8 Å². The molecule has 0 aliphatic carbocycles. The summed E-state index contributed by atoms with van der Waals surface area (Å²) in [6.45, 7) is 5.31. The van der Waals surface area contributed by atoms with E-state index in [1.165, 1.54) is 6.42 Å². The first-order chi connectivity index (χ1) is 5.13. The fourth-order valence-electron chi connectivity index (χ4n) is 1.81. The van der Waals surface area contributed by atoms with Crippen molar-refractivity contribution in [2.24, 2.45) is 5.92 Å². The zero-order valence-electron chi connectivity index (χ0n) is 7.75. The summed E-state index contributed by atoms with van der Waals surface area (Å²) in [6.07, 6.45) is 2.27. The minimum atomic E-state index is -0.137. The van der Waals surface area contributed by atoms with Gasteiger partial charge in [0.05, 0.1) is 6.10 Å². The molecule has 0 radical (unpaired) electrons. The lowest BCUT2D eigenvalue weighted by atomic mass is 9.98. The second-order valence-corrected chi connectivity index (χ2v) is 3.92. The van der Waals surface area contributed by atoms with Gasteiger partial charge in [-0.15, -0.1) is 0 Å². The molecule has 0 spiro atoms. The van der Waals surface area contributed by atoms with Gasteiger partial charge in [-0.1, -0.05) is 13.8 Å². The molecule has 1 unspecified atom stereocenters. The van der Waals surface area contributed by atoms with E-state index < -0.39 is 0 Å². The Bertz CT molecular complexity index is 125. The predicted octanol–water partition coefficient (Wildman–Crippen LogP) is 1.10. The van der Waals surface area contributed by atoms with Crippen molar-refractivity contribution >= 4 is 0 Å². The molecule has 1 aliphatic heterocycles. The van der Waals surface area contributed by atoms with Crippen LogP contribution in [0.4, 0.5) is 0 Å². The number of likely N-dealkylation sites (tertiary alicyclic amines) is 1. The van der Waals surface area contributed by atoms with Gasteiger partial charge in [0.15, 0.2) is 0 Å². The van der Waals surface area contributed by atoms with Gasteiger partial charge < -0.3 is 10.0 Å². The maximum Gasteiger partial charge on any atom is 0.0718 e. The van der Waals surface area contributed by atoms with E-state index in [-0.39, 0.29) is 6.10 Å². The van der Waals surface area contributed by atoms with Crippen molar-refractivity contribution in [3.8, 4) is 0 Å². The highest BCUT2D eigenvalue weighted by Gasteiger charge is 2.29. The van der Waals surface area contributed by atoms with Gasteiger partial charge in [0.25, 0.3) is 0 Å². The van der Waals surface area contributed by atoms with E-state index >= 15 is 0 Å². The highest BCUT2D eigenvalue weighted by atomic mass is 16.3. The van der Waals surface area contributed by atoms with E-state index in [1.807, 2.05) is 0 Å². The summed E-state index contributed by atoms with van der Waals surface area (Å²) in [4.78, 5) is 2.27. The van der Waals surface area contributed by atoms with Gasteiger partial charge in [-0.25, -0.2) is 0 Å². The molecule has 1 aliphatic rings. The Morgan fingerprint density at radius 2 is 2.09 bits per heavy atom. The molecule has 1 saturated heterocycles. The van der Waals surface area contributed by atoms with Crippen molar-refractivity contribution in [2.45, 2.75) is 38.8 Å². The topological polar surface area (TPSA) is 23.5 Å². The number of aliphatic hydroxyl groups is 1. The quantitative estimate of drug-likeness (QED) is 0.649. The normalized spacial score (nSPS) is 29.7. The Hall–Kier alpha value is -0.0800. The molecule has 0 saturated carbocycles. The molecule has 11 heavy (non-hydrogen) atoms. The lowest BCUT2D eigenvalue weighted by Gasteiger charge is -2.27. The van der Waals surface area contributed by atoms with E-state index in [9.17, 15) is 5.11 Å². The Labute approximate surface area is 69.2 Å². The molecule has 0 aromatic heterocycles. The number of nitrogens with zero attached hydrogens (tertiary/aromatic N) is 1. The fraction of sp³-hybridized carbons (Fsp3) is 1.00. The summed E-state index contributed by atoms with van der Waals surface area (Å²) >= 11 is 0. The van der Waals surface area contributed by atoms with Crippen molar-refractivity contribution in [1.29, 1.82) is 0 Å². The summed E-state index contributed by atoms with van der Waals surface area (Å²) in [7, 11) is 2.10. The van der Waals surface area contributed by atoms with E-state index in [1.54, 1.807) is 0 Å².